The molecule has 0 bridgehead atoms. The maximum Gasteiger partial charge on any atom is 0.221 e. The van der Waals surface area contributed by atoms with Crippen molar-refractivity contribution >= 4 is 11.3 Å². The fourth-order valence-electron chi connectivity index (χ4n) is 5.98. The first-order valence-corrected chi connectivity index (χ1v) is 14.3. The number of hydrogen-bond acceptors (Lipinski definition) is 6. The van der Waals surface area contributed by atoms with Crippen molar-refractivity contribution in [2.24, 2.45) is 0 Å². The first-order valence-electron chi connectivity index (χ1n) is 13.1. The van der Waals surface area contributed by atoms with Crippen molar-refractivity contribution in [3.05, 3.63) is 119 Å². The number of aromatic nitrogens is 1. The molecular formula is C32H27ClN2O5. The monoisotopic (exact) mass is 554 g/mol. The molecule has 0 unspecified atom stereocenters. The molecule has 3 aromatic carbocycles. The number of allylic oxidation sites excluding steroid dienone is 2. The summed E-state index contributed by atoms with van der Waals surface area (Å²) in [6.07, 6.45) is 5.46. The zero-order valence-electron chi connectivity index (χ0n) is 22.1. The van der Waals surface area contributed by atoms with E-state index in [0.29, 0.717) is 0 Å². The highest BCUT2D eigenvalue weighted by molar-refractivity contribution is 6.00. The summed E-state index contributed by atoms with van der Waals surface area (Å²) in [5.74, 6) is 1.80. The predicted molar refractivity (Wildman–Crippen MR) is 141 cm³/mol. The van der Waals surface area contributed by atoms with Crippen LogP contribution in [-0.2, 0) is 13.0 Å². The number of benzene rings is 3. The van der Waals surface area contributed by atoms with Gasteiger partial charge in [-0.25, -0.2) is 18.6 Å². The average Bonchev–Trinajstić information content (AvgIpc) is 3.46. The molecule has 4 aromatic rings. The predicted octanol–water partition coefficient (Wildman–Crippen LogP) is 1.92. The van der Waals surface area contributed by atoms with Crippen LogP contribution < -0.4 is 32.8 Å². The molecule has 1 aromatic heterocycles. The number of halogens is 1. The molecule has 7 rings (SSSR count). The highest BCUT2D eigenvalue weighted by atomic mass is 35.7. The van der Waals surface area contributed by atoms with Crippen molar-refractivity contribution in [3.63, 3.8) is 0 Å². The Hall–Kier alpha value is -3.98. The molecule has 40 heavy (non-hydrogen) atoms. The summed E-state index contributed by atoms with van der Waals surface area (Å²) in [6, 6.07) is 28.3. The first-order chi connectivity index (χ1) is 19.2. The Morgan fingerprint density at radius 3 is 2.27 bits per heavy atom. The molecule has 0 fully saturated rings. The van der Waals surface area contributed by atoms with Crippen LogP contribution >= 0.6 is 0 Å². The number of fused-ring (bicyclic) bond motifs is 8. The summed E-state index contributed by atoms with van der Waals surface area (Å²) in [7, 11) is -4.94. The number of pyridine rings is 1. The van der Waals surface area contributed by atoms with Crippen LogP contribution in [0.3, 0.4) is 0 Å². The zero-order valence-corrected chi connectivity index (χ0v) is 22.9. The number of para-hydroxylation sites is 2. The van der Waals surface area contributed by atoms with Crippen LogP contribution in [0.5, 0.6) is 5.75 Å². The van der Waals surface area contributed by atoms with E-state index in [0.717, 1.165) is 36.8 Å². The SMILES string of the molecule is CCN1C(=CC=C2c3ccccc3-c3c2c(C)cc2[n+]3CCc3ccccc3-2)Oc2ccccc21.[O-][Cl+3]([O-])([O-])[O-]. The van der Waals surface area contributed by atoms with Crippen molar-refractivity contribution in [1.82, 2.24) is 0 Å². The number of anilines is 1. The van der Waals surface area contributed by atoms with Gasteiger partial charge in [-0.2, -0.15) is 4.57 Å². The lowest BCUT2D eigenvalue weighted by Gasteiger charge is -2.18. The third-order valence-electron chi connectivity index (χ3n) is 7.53. The Labute approximate surface area is 234 Å². The number of rotatable bonds is 2. The summed E-state index contributed by atoms with van der Waals surface area (Å²) in [5.41, 5.74) is 13.1. The molecule has 0 saturated carbocycles. The van der Waals surface area contributed by atoms with E-state index in [1.807, 2.05) is 12.1 Å². The molecule has 0 saturated heterocycles. The average molecular weight is 555 g/mol. The Balaban J connectivity index is 0.000000534. The molecule has 3 aliphatic rings. The number of aryl methyl sites for hydroxylation is 2. The van der Waals surface area contributed by atoms with E-state index in [1.54, 1.807) is 0 Å². The second-order valence-electron chi connectivity index (χ2n) is 9.82. The Morgan fingerprint density at radius 2 is 1.52 bits per heavy atom. The van der Waals surface area contributed by atoms with E-state index >= 15 is 0 Å². The van der Waals surface area contributed by atoms with Gasteiger partial charge in [0, 0.05) is 24.6 Å². The van der Waals surface area contributed by atoms with Gasteiger partial charge in [0.1, 0.15) is 0 Å². The van der Waals surface area contributed by atoms with Gasteiger partial charge in [-0.15, -0.1) is 10.2 Å². The van der Waals surface area contributed by atoms with Crippen LogP contribution in [0.25, 0.3) is 28.1 Å². The molecule has 3 heterocycles. The van der Waals surface area contributed by atoms with Crippen molar-refractivity contribution < 1.29 is 38.2 Å². The van der Waals surface area contributed by atoms with Crippen molar-refractivity contribution in [2.75, 3.05) is 11.4 Å². The minimum absolute atomic E-state index is 0.862. The number of nitrogens with zero attached hydrogens (tertiary/aromatic N) is 2. The summed E-state index contributed by atoms with van der Waals surface area (Å²) in [5, 5.41) is 0. The Kier molecular flexibility index (Phi) is 6.70. The standard InChI is InChI=1S/C32H27N2O.ClHO4/c1-3-33-27-14-8-9-15-29(27)35-30(33)17-16-25-24-12-6-7-13-26(24)32-31(25)21(2)20-28-23-11-5-4-10-22(23)18-19-34(28)32;2-1(3,4)5/h4-17,20H,3,18-19H2,1-2H3;(H,2,3,4,5)/q+1;/p-1. The number of ether oxygens (including phenoxy) is 1. The van der Waals surface area contributed by atoms with Gasteiger partial charge in [0.15, 0.2) is 12.3 Å². The smallest absolute Gasteiger partial charge is 0.221 e. The third-order valence-corrected chi connectivity index (χ3v) is 7.53. The molecule has 0 amide bonds. The lowest BCUT2D eigenvalue weighted by atomic mass is 9.93. The lowest BCUT2D eigenvalue weighted by molar-refractivity contribution is -2.00. The van der Waals surface area contributed by atoms with Gasteiger partial charge >= 0.3 is 0 Å². The van der Waals surface area contributed by atoms with Crippen molar-refractivity contribution in [2.45, 2.75) is 26.8 Å². The van der Waals surface area contributed by atoms with Crippen LogP contribution in [0.2, 0.25) is 0 Å². The second-order valence-corrected chi connectivity index (χ2v) is 10.6. The van der Waals surface area contributed by atoms with Gasteiger partial charge in [-0.3, -0.25) is 0 Å². The summed E-state index contributed by atoms with van der Waals surface area (Å²) in [6.45, 7) is 6.28. The fourth-order valence-corrected chi connectivity index (χ4v) is 5.98. The summed E-state index contributed by atoms with van der Waals surface area (Å²) in [4.78, 5) is 2.24. The van der Waals surface area contributed by atoms with Crippen LogP contribution in [-0.4, -0.2) is 6.54 Å². The van der Waals surface area contributed by atoms with Crippen LogP contribution in [0.15, 0.2) is 96.9 Å². The first kappa shape index (κ1) is 26.3. The van der Waals surface area contributed by atoms with Gasteiger partial charge in [0.2, 0.25) is 17.3 Å². The molecule has 0 N–H and O–H groups in total. The maximum absolute atomic E-state index is 8.49. The van der Waals surface area contributed by atoms with E-state index in [-0.39, 0.29) is 0 Å². The molecule has 0 atom stereocenters. The van der Waals surface area contributed by atoms with Crippen molar-refractivity contribution in [1.29, 1.82) is 0 Å². The van der Waals surface area contributed by atoms with E-state index in [2.05, 4.69) is 102 Å². The minimum Gasteiger partial charge on any atom is -0.439 e. The van der Waals surface area contributed by atoms with E-state index in [1.165, 1.54) is 50.3 Å². The van der Waals surface area contributed by atoms with Crippen molar-refractivity contribution in [3.8, 4) is 28.3 Å². The fraction of sp³-hybridized carbons (Fsp3) is 0.156. The molecule has 2 aliphatic heterocycles. The summed E-state index contributed by atoms with van der Waals surface area (Å²) >= 11 is 0. The maximum atomic E-state index is 8.49. The minimum atomic E-state index is -4.94. The molecule has 8 heteroatoms. The highest BCUT2D eigenvalue weighted by Crippen LogP contribution is 2.46. The van der Waals surface area contributed by atoms with E-state index < -0.39 is 10.2 Å². The topological polar surface area (TPSA) is 109 Å². The van der Waals surface area contributed by atoms with Crippen LogP contribution in [0, 0.1) is 17.2 Å². The largest absolute Gasteiger partial charge is 0.439 e. The van der Waals surface area contributed by atoms with Gasteiger partial charge in [-0.1, -0.05) is 48.5 Å². The Bertz CT molecular complexity index is 1680. The normalized spacial score (nSPS) is 16.4. The Morgan fingerprint density at radius 1 is 0.875 bits per heavy atom. The summed E-state index contributed by atoms with van der Waals surface area (Å²) < 4.78 is 42.8. The molecule has 1 aliphatic carbocycles. The zero-order chi connectivity index (χ0) is 28.0. The molecular weight excluding hydrogens is 528 g/mol. The van der Waals surface area contributed by atoms with Gasteiger partial charge in [-0.05, 0) is 72.5 Å². The van der Waals surface area contributed by atoms with Crippen LogP contribution in [0.1, 0.15) is 29.2 Å². The van der Waals surface area contributed by atoms with Gasteiger partial charge in [0.25, 0.3) is 0 Å². The third kappa shape index (κ3) is 4.68. The quantitative estimate of drug-likeness (QED) is 0.309. The second kappa shape index (κ2) is 10.2. The van der Waals surface area contributed by atoms with E-state index in [4.69, 9.17) is 23.4 Å². The van der Waals surface area contributed by atoms with E-state index in [9.17, 15) is 0 Å². The highest BCUT2D eigenvalue weighted by Gasteiger charge is 2.37. The van der Waals surface area contributed by atoms with Gasteiger partial charge < -0.3 is 9.64 Å². The number of hydrogen-bond donors (Lipinski definition) is 0. The lowest BCUT2D eigenvalue weighted by Crippen LogP contribution is -2.68. The van der Waals surface area contributed by atoms with Gasteiger partial charge in [0.05, 0.1) is 16.8 Å². The molecule has 0 spiro atoms. The molecule has 202 valence electrons. The van der Waals surface area contributed by atoms with Crippen LogP contribution in [0.4, 0.5) is 5.69 Å². The molecule has 0 radical (unpaired) electrons. The molecule has 7 nitrogen and oxygen atoms in total.